The van der Waals surface area contributed by atoms with Crippen molar-refractivity contribution in [2.24, 2.45) is 11.7 Å². The molecule has 0 saturated heterocycles. The van der Waals surface area contributed by atoms with Crippen molar-refractivity contribution in [3.05, 3.63) is 94.0 Å². The zero-order chi connectivity index (χ0) is 22.0. The van der Waals surface area contributed by atoms with Crippen molar-refractivity contribution < 1.29 is 4.79 Å². The summed E-state index contributed by atoms with van der Waals surface area (Å²) in [7, 11) is 0. The van der Waals surface area contributed by atoms with Gasteiger partial charge in [-0.25, -0.2) is 4.98 Å². The van der Waals surface area contributed by atoms with E-state index in [1.165, 1.54) is 16.0 Å². The number of primary amides is 1. The van der Waals surface area contributed by atoms with Gasteiger partial charge in [-0.2, -0.15) is 9.94 Å². The molecule has 2 heterocycles. The molecular weight excluding hydrogens is 410 g/mol. The lowest BCUT2D eigenvalue weighted by atomic mass is 9.81. The SMILES string of the molecule is Cc1[nH]n(-c2ncc(-c3ccccc3)s2)c(=O)c1[C@H](c1ccccc1)[C@@H](C#N)C(N)=O. The highest BCUT2D eigenvalue weighted by Gasteiger charge is 2.34. The molecule has 1 amide bonds. The van der Waals surface area contributed by atoms with Crippen LogP contribution in [0.3, 0.4) is 0 Å². The second-order valence-corrected chi connectivity index (χ2v) is 8.07. The number of rotatable bonds is 6. The predicted octanol–water partition coefficient (Wildman–Crippen LogP) is 3.35. The van der Waals surface area contributed by atoms with E-state index in [0.29, 0.717) is 22.0 Å². The van der Waals surface area contributed by atoms with Gasteiger partial charge in [0.1, 0.15) is 5.92 Å². The third kappa shape index (κ3) is 3.79. The van der Waals surface area contributed by atoms with E-state index >= 15 is 0 Å². The number of amides is 1. The van der Waals surface area contributed by atoms with Gasteiger partial charge in [-0.1, -0.05) is 72.0 Å². The number of aromatic amines is 1. The third-order valence-corrected chi connectivity index (χ3v) is 6.14. The van der Waals surface area contributed by atoms with Crippen molar-refractivity contribution in [2.75, 3.05) is 0 Å². The van der Waals surface area contributed by atoms with Crippen LogP contribution in [0, 0.1) is 24.2 Å². The number of carbonyl (C=O) groups excluding carboxylic acids is 1. The minimum absolute atomic E-state index is 0.327. The molecule has 4 rings (SSSR count). The fraction of sp³-hybridized carbons (Fsp3) is 0.130. The molecule has 154 valence electrons. The molecule has 0 aliphatic rings. The van der Waals surface area contributed by atoms with Gasteiger partial charge in [-0.3, -0.25) is 14.7 Å². The molecule has 0 radical (unpaired) electrons. The number of nitriles is 1. The van der Waals surface area contributed by atoms with Crippen LogP contribution in [0.2, 0.25) is 0 Å². The molecule has 2 atom stereocenters. The molecule has 2 aromatic carbocycles. The van der Waals surface area contributed by atoms with Gasteiger partial charge in [0, 0.05) is 23.4 Å². The maximum absolute atomic E-state index is 13.4. The Labute approximate surface area is 182 Å². The summed E-state index contributed by atoms with van der Waals surface area (Å²) in [6.07, 6.45) is 1.72. The molecule has 4 aromatic rings. The van der Waals surface area contributed by atoms with Crippen LogP contribution in [0.25, 0.3) is 15.6 Å². The summed E-state index contributed by atoms with van der Waals surface area (Å²) in [5.41, 5.74) is 7.71. The van der Waals surface area contributed by atoms with Crippen molar-refractivity contribution >= 4 is 17.2 Å². The summed E-state index contributed by atoms with van der Waals surface area (Å²) >= 11 is 1.37. The van der Waals surface area contributed by atoms with E-state index in [9.17, 15) is 14.9 Å². The standard InChI is InChI=1S/C23H19N5O2S/c1-14-19(20(17(12-24)21(25)29)16-10-6-3-7-11-16)22(30)28(27-14)23-26-13-18(31-23)15-8-4-2-5-9-15/h2-11,13,17,20,27H,1H3,(H2,25,29)/t17-,20-/m1/s1. The van der Waals surface area contributed by atoms with Crippen molar-refractivity contribution in [1.82, 2.24) is 14.8 Å². The van der Waals surface area contributed by atoms with Gasteiger partial charge in [0.15, 0.2) is 0 Å². The number of hydrogen-bond acceptors (Lipinski definition) is 5. The number of aryl methyl sites for hydroxylation is 1. The number of nitrogens with two attached hydrogens (primary N) is 1. The molecule has 3 N–H and O–H groups in total. The number of carbonyl (C=O) groups is 1. The molecule has 0 bridgehead atoms. The Hall–Kier alpha value is -3.96. The Bertz CT molecular complexity index is 1320. The van der Waals surface area contributed by atoms with Crippen LogP contribution in [-0.4, -0.2) is 20.7 Å². The average molecular weight is 430 g/mol. The van der Waals surface area contributed by atoms with Crippen LogP contribution in [0.15, 0.2) is 71.7 Å². The number of thiazole rings is 1. The van der Waals surface area contributed by atoms with Crippen molar-refractivity contribution in [1.29, 1.82) is 5.26 Å². The highest BCUT2D eigenvalue weighted by Crippen LogP contribution is 2.33. The van der Waals surface area contributed by atoms with Gasteiger partial charge in [-0.15, -0.1) is 0 Å². The molecule has 0 saturated carbocycles. The Morgan fingerprint density at radius 1 is 1.16 bits per heavy atom. The number of hydrogen-bond donors (Lipinski definition) is 2. The highest BCUT2D eigenvalue weighted by molar-refractivity contribution is 7.17. The fourth-order valence-electron chi connectivity index (χ4n) is 3.65. The van der Waals surface area contributed by atoms with E-state index in [1.807, 2.05) is 42.5 Å². The molecular formula is C23H19N5O2S. The molecule has 7 nitrogen and oxygen atoms in total. The number of nitrogens with zero attached hydrogens (tertiary/aromatic N) is 3. The highest BCUT2D eigenvalue weighted by atomic mass is 32.1. The van der Waals surface area contributed by atoms with Gasteiger partial charge in [0.25, 0.3) is 5.56 Å². The minimum Gasteiger partial charge on any atom is -0.369 e. The summed E-state index contributed by atoms with van der Waals surface area (Å²) in [5.74, 6) is -2.75. The Balaban J connectivity index is 1.83. The molecule has 8 heteroatoms. The number of benzene rings is 2. The van der Waals surface area contributed by atoms with Gasteiger partial charge in [-0.05, 0) is 18.1 Å². The van der Waals surface area contributed by atoms with Gasteiger partial charge in [0.2, 0.25) is 11.0 Å². The lowest BCUT2D eigenvalue weighted by Gasteiger charge is -2.19. The molecule has 0 spiro atoms. The minimum atomic E-state index is -1.19. The Kier molecular flexibility index (Phi) is 5.52. The summed E-state index contributed by atoms with van der Waals surface area (Å²) < 4.78 is 1.35. The molecule has 31 heavy (non-hydrogen) atoms. The predicted molar refractivity (Wildman–Crippen MR) is 119 cm³/mol. The number of H-pyrrole nitrogens is 1. The van der Waals surface area contributed by atoms with E-state index in [4.69, 9.17) is 5.73 Å². The van der Waals surface area contributed by atoms with E-state index in [1.54, 1.807) is 37.4 Å². The summed E-state index contributed by atoms with van der Waals surface area (Å²) in [5, 5.41) is 13.2. The zero-order valence-corrected chi connectivity index (χ0v) is 17.5. The van der Waals surface area contributed by atoms with Gasteiger partial charge < -0.3 is 5.73 Å². The second-order valence-electron chi connectivity index (χ2n) is 7.06. The summed E-state index contributed by atoms with van der Waals surface area (Å²) in [6, 6.07) is 20.7. The smallest absolute Gasteiger partial charge is 0.277 e. The van der Waals surface area contributed by atoms with Crippen LogP contribution < -0.4 is 11.3 Å². The van der Waals surface area contributed by atoms with Gasteiger partial charge >= 0.3 is 0 Å². The van der Waals surface area contributed by atoms with Crippen LogP contribution >= 0.6 is 11.3 Å². The molecule has 0 aliphatic heterocycles. The number of nitrogens with one attached hydrogen (secondary N) is 1. The van der Waals surface area contributed by atoms with E-state index < -0.39 is 17.7 Å². The summed E-state index contributed by atoms with van der Waals surface area (Å²) in [6.45, 7) is 1.74. The first kappa shape index (κ1) is 20.3. The first-order valence-corrected chi connectivity index (χ1v) is 10.4. The number of aromatic nitrogens is 3. The third-order valence-electron chi connectivity index (χ3n) is 5.11. The average Bonchev–Trinajstić information content (AvgIpc) is 3.38. The molecule has 2 aromatic heterocycles. The zero-order valence-electron chi connectivity index (χ0n) is 16.6. The maximum Gasteiger partial charge on any atom is 0.277 e. The van der Waals surface area contributed by atoms with Crippen molar-refractivity contribution in [3.63, 3.8) is 0 Å². The van der Waals surface area contributed by atoms with Crippen molar-refractivity contribution in [3.8, 4) is 21.6 Å². The fourth-order valence-corrected chi connectivity index (χ4v) is 4.53. The van der Waals surface area contributed by atoms with Crippen LogP contribution in [0.1, 0.15) is 22.7 Å². The van der Waals surface area contributed by atoms with E-state index in [-0.39, 0.29) is 5.56 Å². The Morgan fingerprint density at radius 3 is 2.42 bits per heavy atom. The topological polar surface area (TPSA) is 118 Å². The van der Waals surface area contributed by atoms with Gasteiger partial charge in [0.05, 0.1) is 10.9 Å². The quantitative estimate of drug-likeness (QED) is 0.489. The molecule has 0 fully saturated rings. The van der Waals surface area contributed by atoms with E-state index in [2.05, 4.69) is 10.1 Å². The van der Waals surface area contributed by atoms with Crippen molar-refractivity contribution in [2.45, 2.75) is 12.8 Å². The lowest BCUT2D eigenvalue weighted by molar-refractivity contribution is -0.120. The molecule has 0 unspecified atom stereocenters. The summed E-state index contributed by atoms with van der Waals surface area (Å²) in [4.78, 5) is 30.8. The second kappa shape index (κ2) is 8.42. The van der Waals surface area contributed by atoms with Crippen LogP contribution in [0.5, 0.6) is 0 Å². The molecule has 0 aliphatic carbocycles. The normalized spacial score (nSPS) is 12.8. The maximum atomic E-state index is 13.4. The Morgan fingerprint density at radius 2 is 1.81 bits per heavy atom. The monoisotopic (exact) mass is 429 g/mol. The largest absolute Gasteiger partial charge is 0.369 e. The lowest BCUT2D eigenvalue weighted by Crippen LogP contribution is -2.31. The first-order chi connectivity index (χ1) is 15.0. The van der Waals surface area contributed by atoms with Crippen LogP contribution in [0.4, 0.5) is 0 Å². The van der Waals surface area contributed by atoms with Crippen LogP contribution in [-0.2, 0) is 4.79 Å². The first-order valence-electron chi connectivity index (χ1n) is 9.58. The van der Waals surface area contributed by atoms with E-state index in [0.717, 1.165) is 10.4 Å².